The van der Waals surface area contributed by atoms with Crippen LogP contribution < -0.4 is 15.4 Å². The zero-order valence-corrected chi connectivity index (χ0v) is 19.5. The van der Waals surface area contributed by atoms with E-state index in [1.807, 2.05) is 0 Å². The van der Waals surface area contributed by atoms with Gasteiger partial charge < -0.3 is 20.3 Å². The number of urea groups is 1. The second kappa shape index (κ2) is 10.3. The number of para-hydroxylation sites is 1. The molecule has 4 rings (SSSR count). The number of fused-ring (bicyclic) bond motifs is 1. The summed E-state index contributed by atoms with van der Waals surface area (Å²) in [7, 11) is 0. The van der Waals surface area contributed by atoms with Gasteiger partial charge in [-0.15, -0.1) is 8.78 Å². The molecule has 8 nitrogen and oxygen atoms in total. The molecular formula is C23H21F7N4O4. The van der Waals surface area contributed by atoms with Crippen molar-refractivity contribution in [1.82, 2.24) is 9.80 Å². The SMILES string of the molecule is O=C(CN1CCCN(C(=O)Nc2ccc3c(c2)C(F)(F)OC(F)(F)O3)CC1)Nc1ccccc1C(F)(F)F. The van der Waals surface area contributed by atoms with Gasteiger partial charge in [0.25, 0.3) is 0 Å². The Morgan fingerprint density at radius 1 is 0.947 bits per heavy atom. The Morgan fingerprint density at radius 2 is 1.68 bits per heavy atom. The number of benzene rings is 2. The highest BCUT2D eigenvalue weighted by Crippen LogP contribution is 2.47. The number of halogens is 7. The van der Waals surface area contributed by atoms with E-state index in [4.69, 9.17) is 0 Å². The normalized spacial score (nSPS) is 19.1. The van der Waals surface area contributed by atoms with Gasteiger partial charge in [-0.3, -0.25) is 9.69 Å². The number of anilines is 2. The van der Waals surface area contributed by atoms with Crippen LogP contribution in [0.25, 0.3) is 0 Å². The summed E-state index contributed by atoms with van der Waals surface area (Å²) in [5, 5.41) is 4.67. The van der Waals surface area contributed by atoms with Gasteiger partial charge in [-0.1, -0.05) is 12.1 Å². The number of alkyl halides is 7. The van der Waals surface area contributed by atoms with E-state index in [0.717, 1.165) is 30.3 Å². The predicted molar refractivity (Wildman–Crippen MR) is 119 cm³/mol. The van der Waals surface area contributed by atoms with E-state index in [1.54, 1.807) is 4.90 Å². The summed E-state index contributed by atoms with van der Waals surface area (Å²) < 4.78 is 101. The molecule has 0 spiro atoms. The molecule has 0 saturated carbocycles. The molecule has 2 N–H and O–H groups in total. The molecule has 2 aliphatic rings. The fourth-order valence-corrected chi connectivity index (χ4v) is 4.04. The lowest BCUT2D eigenvalue weighted by Crippen LogP contribution is -2.41. The third kappa shape index (κ3) is 6.45. The number of amides is 3. The van der Waals surface area contributed by atoms with Crippen molar-refractivity contribution in [3.8, 4) is 5.75 Å². The van der Waals surface area contributed by atoms with E-state index >= 15 is 0 Å². The highest BCUT2D eigenvalue weighted by atomic mass is 19.4. The Hall–Kier alpha value is -3.59. The average molecular weight is 550 g/mol. The third-order valence-corrected chi connectivity index (χ3v) is 5.77. The fourth-order valence-electron chi connectivity index (χ4n) is 4.04. The quantitative estimate of drug-likeness (QED) is 0.530. The molecule has 1 fully saturated rings. The van der Waals surface area contributed by atoms with E-state index in [0.29, 0.717) is 13.0 Å². The first-order chi connectivity index (χ1) is 17.7. The Labute approximate surface area is 211 Å². The van der Waals surface area contributed by atoms with Gasteiger partial charge in [0.15, 0.2) is 0 Å². The number of ether oxygens (including phenoxy) is 2. The minimum absolute atomic E-state index is 0.116. The first-order valence-electron chi connectivity index (χ1n) is 11.3. The highest BCUT2D eigenvalue weighted by Gasteiger charge is 2.54. The Bertz CT molecular complexity index is 1210. The fraction of sp³-hybridized carbons (Fsp3) is 0.391. The molecule has 2 aliphatic heterocycles. The molecule has 3 amide bonds. The lowest BCUT2D eigenvalue weighted by molar-refractivity contribution is -0.461. The van der Waals surface area contributed by atoms with Crippen LogP contribution in [0.4, 0.5) is 46.9 Å². The second-order valence-corrected chi connectivity index (χ2v) is 8.53. The van der Waals surface area contributed by atoms with E-state index in [9.17, 15) is 40.3 Å². The van der Waals surface area contributed by atoms with E-state index in [2.05, 4.69) is 20.1 Å². The Morgan fingerprint density at radius 3 is 2.42 bits per heavy atom. The van der Waals surface area contributed by atoms with Gasteiger partial charge in [0.2, 0.25) is 5.91 Å². The van der Waals surface area contributed by atoms with Gasteiger partial charge in [0.05, 0.1) is 23.4 Å². The van der Waals surface area contributed by atoms with Crippen LogP contribution in [0.2, 0.25) is 0 Å². The number of carbonyl (C=O) groups excluding carboxylic acids is 2. The van der Waals surface area contributed by atoms with Crippen molar-refractivity contribution >= 4 is 23.3 Å². The lowest BCUT2D eigenvalue weighted by Gasteiger charge is -2.30. The van der Waals surface area contributed by atoms with E-state index in [-0.39, 0.29) is 37.6 Å². The summed E-state index contributed by atoms with van der Waals surface area (Å²) in [5.41, 5.74) is -2.44. The van der Waals surface area contributed by atoms with Crippen LogP contribution in [0.15, 0.2) is 42.5 Å². The molecule has 0 aliphatic carbocycles. The molecule has 2 heterocycles. The maximum atomic E-state index is 14.0. The van der Waals surface area contributed by atoms with Crippen molar-refractivity contribution in [3.63, 3.8) is 0 Å². The summed E-state index contributed by atoms with van der Waals surface area (Å²) in [5.74, 6) is -1.46. The molecule has 0 unspecified atom stereocenters. The standard InChI is InChI=1S/C23H21F7N4O4/c24-21(25,26)15-4-1-2-5-17(15)32-19(35)13-33-8-3-9-34(11-10-33)20(36)31-14-6-7-18-16(12-14)22(27,28)38-23(29,30)37-18/h1-2,4-7,12H,3,8-11,13H2,(H,31,36)(H,32,35). The molecule has 38 heavy (non-hydrogen) atoms. The van der Waals surface area contributed by atoms with Crippen LogP contribution in [0, 0.1) is 0 Å². The van der Waals surface area contributed by atoms with E-state index in [1.165, 1.54) is 17.0 Å². The van der Waals surface area contributed by atoms with Crippen molar-refractivity contribution in [1.29, 1.82) is 0 Å². The molecule has 1 saturated heterocycles. The molecular weight excluding hydrogens is 529 g/mol. The topological polar surface area (TPSA) is 83.1 Å². The minimum atomic E-state index is -4.64. The molecule has 0 aromatic heterocycles. The summed E-state index contributed by atoms with van der Waals surface area (Å²) in [6, 6.07) is 6.65. The van der Waals surface area contributed by atoms with Gasteiger partial charge >= 0.3 is 24.6 Å². The molecule has 2 aromatic carbocycles. The zero-order chi connectivity index (χ0) is 27.7. The van der Waals surface area contributed by atoms with Crippen LogP contribution in [-0.2, 0) is 21.8 Å². The van der Waals surface area contributed by atoms with Gasteiger partial charge in [0.1, 0.15) is 5.75 Å². The Balaban J connectivity index is 1.33. The van der Waals surface area contributed by atoms with Crippen molar-refractivity contribution in [3.05, 3.63) is 53.6 Å². The monoisotopic (exact) mass is 550 g/mol. The summed E-state index contributed by atoms with van der Waals surface area (Å²) in [6.07, 6.45) is -13.1. The first kappa shape index (κ1) is 27.4. The number of carbonyl (C=O) groups is 2. The minimum Gasteiger partial charge on any atom is -0.409 e. The van der Waals surface area contributed by atoms with Crippen molar-refractivity contribution < 1.29 is 49.8 Å². The predicted octanol–water partition coefficient (Wildman–Crippen LogP) is 4.89. The first-order valence-corrected chi connectivity index (χ1v) is 11.3. The number of rotatable bonds is 4. The summed E-state index contributed by atoms with van der Waals surface area (Å²) in [4.78, 5) is 28.1. The van der Waals surface area contributed by atoms with Gasteiger partial charge in [-0.05, 0) is 36.8 Å². The maximum Gasteiger partial charge on any atom is 0.540 e. The molecule has 2 aromatic rings. The van der Waals surface area contributed by atoms with Crippen LogP contribution in [0.1, 0.15) is 17.5 Å². The highest BCUT2D eigenvalue weighted by molar-refractivity contribution is 5.93. The van der Waals surface area contributed by atoms with Gasteiger partial charge in [-0.25, -0.2) is 9.53 Å². The lowest BCUT2D eigenvalue weighted by atomic mass is 10.1. The maximum absolute atomic E-state index is 14.0. The molecule has 0 atom stereocenters. The summed E-state index contributed by atoms with van der Waals surface area (Å²) >= 11 is 0. The largest absolute Gasteiger partial charge is 0.540 e. The smallest absolute Gasteiger partial charge is 0.409 e. The summed E-state index contributed by atoms with van der Waals surface area (Å²) in [6.45, 7) is 0.719. The van der Waals surface area contributed by atoms with Crippen molar-refractivity contribution in [2.45, 2.75) is 25.0 Å². The molecule has 15 heteroatoms. The van der Waals surface area contributed by atoms with Crippen LogP contribution in [0.5, 0.6) is 5.75 Å². The number of nitrogens with zero attached hydrogens (tertiary/aromatic N) is 2. The molecule has 0 bridgehead atoms. The molecule has 0 radical (unpaired) electrons. The van der Waals surface area contributed by atoms with Gasteiger partial charge in [0, 0.05) is 31.9 Å². The van der Waals surface area contributed by atoms with Crippen molar-refractivity contribution in [2.24, 2.45) is 0 Å². The number of nitrogens with one attached hydrogen (secondary N) is 2. The average Bonchev–Trinajstić information content (AvgIpc) is 3.03. The molecule has 206 valence electrons. The number of hydrogen-bond acceptors (Lipinski definition) is 5. The second-order valence-electron chi connectivity index (χ2n) is 8.53. The van der Waals surface area contributed by atoms with Gasteiger partial charge in [-0.2, -0.15) is 22.0 Å². The van der Waals surface area contributed by atoms with E-state index < -0.39 is 47.4 Å². The third-order valence-electron chi connectivity index (χ3n) is 5.77. The number of hydrogen-bond donors (Lipinski definition) is 2. The Kier molecular flexibility index (Phi) is 7.43. The van der Waals surface area contributed by atoms with Crippen molar-refractivity contribution in [2.75, 3.05) is 43.4 Å². The van der Waals surface area contributed by atoms with Crippen LogP contribution >= 0.6 is 0 Å². The zero-order valence-electron chi connectivity index (χ0n) is 19.5. The van der Waals surface area contributed by atoms with Crippen LogP contribution in [0.3, 0.4) is 0 Å². The van der Waals surface area contributed by atoms with Crippen LogP contribution in [-0.4, -0.2) is 60.8 Å².